The minimum Gasteiger partial charge on any atom is -0.508 e. The molecule has 2 aromatic heterocycles. The van der Waals surface area contributed by atoms with Gasteiger partial charge < -0.3 is 10.1 Å². The van der Waals surface area contributed by atoms with Crippen LogP contribution in [0.25, 0.3) is 55.4 Å². The Hall–Kier alpha value is -4.42. The summed E-state index contributed by atoms with van der Waals surface area (Å²) in [6.07, 6.45) is 3.93. The zero-order valence-electron chi connectivity index (χ0n) is 21.5. The van der Waals surface area contributed by atoms with Crippen LogP contribution in [0.5, 0.6) is 5.75 Å². The minimum atomic E-state index is -0.469. The summed E-state index contributed by atoms with van der Waals surface area (Å²) in [7, 11) is 0. The zero-order chi connectivity index (χ0) is 26.3. The molecular formula is C33H29FN4O. The molecule has 39 heavy (non-hydrogen) atoms. The summed E-state index contributed by atoms with van der Waals surface area (Å²) in [5, 5.41) is 19.8. The van der Waals surface area contributed by atoms with E-state index in [2.05, 4.69) is 62.5 Å². The van der Waals surface area contributed by atoms with Gasteiger partial charge >= 0.3 is 0 Å². The van der Waals surface area contributed by atoms with Gasteiger partial charge in [-0.3, -0.25) is 10.00 Å². The van der Waals surface area contributed by atoms with E-state index in [4.69, 9.17) is 0 Å². The molecule has 194 valence electrons. The van der Waals surface area contributed by atoms with Crippen molar-refractivity contribution in [3.63, 3.8) is 0 Å². The quantitative estimate of drug-likeness (QED) is 0.218. The third kappa shape index (κ3) is 4.57. The molecule has 4 aromatic carbocycles. The topological polar surface area (TPSA) is 67.9 Å². The number of nitrogens with zero attached hydrogens (tertiary/aromatic N) is 2. The van der Waals surface area contributed by atoms with Gasteiger partial charge in [0.2, 0.25) is 0 Å². The maximum Gasteiger partial charge on any atom is 0.127 e. The number of phenols is 1. The number of hydrogen-bond donors (Lipinski definition) is 3. The van der Waals surface area contributed by atoms with Crippen molar-refractivity contribution < 1.29 is 9.50 Å². The number of H-pyrrole nitrogens is 2. The predicted molar refractivity (Wildman–Crippen MR) is 155 cm³/mol. The zero-order valence-corrected chi connectivity index (χ0v) is 21.5. The number of rotatable bonds is 5. The largest absolute Gasteiger partial charge is 0.508 e. The molecule has 0 radical (unpaired) electrons. The molecule has 0 spiro atoms. The number of aromatic hydroxyl groups is 1. The summed E-state index contributed by atoms with van der Waals surface area (Å²) >= 11 is 0. The number of halogens is 1. The third-order valence-corrected chi connectivity index (χ3v) is 7.79. The molecule has 5 nitrogen and oxygen atoms in total. The van der Waals surface area contributed by atoms with Crippen LogP contribution in [0.15, 0.2) is 84.9 Å². The fraction of sp³-hybridized carbons (Fsp3) is 0.182. The fourth-order valence-electron chi connectivity index (χ4n) is 5.89. The maximum atomic E-state index is 14.1. The van der Waals surface area contributed by atoms with Crippen molar-refractivity contribution in [3.8, 4) is 39.4 Å². The van der Waals surface area contributed by atoms with E-state index < -0.39 is 5.82 Å². The van der Waals surface area contributed by atoms with Crippen LogP contribution in [0.1, 0.15) is 24.8 Å². The number of piperidine rings is 1. The number of benzene rings is 4. The van der Waals surface area contributed by atoms with Crippen molar-refractivity contribution in [1.82, 2.24) is 20.1 Å². The van der Waals surface area contributed by atoms with Crippen molar-refractivity contribution in [2.75, 3.05) is 13.1 Å². The highest BCUT2D eigenvalue weighted by molar-refractivity contribution is 6.02. The molecule has 1 aliphatic heterocycles. The van der Waals surface area contributed by atoms with E-state index in [0.29, 0.717) is 5.56 Å². The molecule has 6 aromatic rings. The Labute approximate surface area is 225 Å². The predicted octanol–water partition coefficient (Wildman–Crippen LogP) is 7.88. The van der Waals surface area contributed by atoms with E-state index in [-0.39, 0.29) is 5.75 Å². The van der Waals surface area contributed by atoms with Crippen LogP contribution in [0.2, 0.25) is 0 Å². The van der Waals surface area contributed by atoms with E-state index >= 15 is 0 Å². The van der Waals surface area contributed by atoms with Gasteiger partial charge in [0, 0.05) is 28.9 Å². The molecule has 3 heterocycles. The number of aromatic amines is 2. The second kappa shape index (κ2) is 9.71. The molecule has 0 unspecified atom stereocenters. The Morgan fingerprint density at radius 1 is 0.769 bits per heavy atom. The Morgan fingerprint density at radius 3 is 2.49 bits per heavy atom. The maximum absolute atomic E-state index is 14.1. The first-order chi connectivity index (χ1) is 19.1. The molecule has 1 fully saturated rings. The summed E-state index contributed by atoms with van der Waals surface area (Å²) in [6.45, 7) is 3.36. The van der Waals surface area contributed by atoms with Crippen molar-refractivity contribution in [2.24, 2.45) is 0 Å². The lowest BCUT2D eigenvalue weighted by Crippen LogP contribution is -2.29. The molecule has 1 saturated heterocycles. The van der Waals surface area contributed by atoms with Crippen LogP contribution in [-0.4, -0.2) is 38.3 Å². The van der Waals surface area contributed by atoms with Crippen LogP contribution >= 0.6 is 0 Å². The van der Waals surface area contributed by atoms with Gasteiger partial charge in [-0.2, -0.15) is 5.10 Å². The number of hydrogen-bond acceptors (Lipinski definition) is 3. The molecule has 3 N–H and O–H groups in total. The lowest BCUT2D eigenvalue weighted by atomic mass is 9.99. The summed E-state index contributed by atoms with van der Waals surface area (Å²) in [6, 6.07) is 27.3. The highest BCUT2D eigenvalue weighted by Crippen LogP contribution is 2.36. The van der Waals surface area contributed by atoms with Crippen molar-refractivity contribution in [2.45, 2.75) is 25.8 Å². The highest BCUT2D eigenvalue weighted by Gasteiger charge is 2.16. The van der Waals surface area contributed by atoms with E-state index in [1.54, 1.807) is 6.07 Å². The van der Waals surface area contributed by atoms with E-state index in [0.717, 1.165) is 56.9 Å². The van der Waals surface area contributed by atoms with E-state index in [9.17, 15) is 9.50 Å². The first kappa shape index (κ1) is 23.7. The molecule has 6 heteroatoms. The Kier molecular flexibility index (Phi) is 5.90. The molecule has 0 saturated carbocycles. The summed E-state index contributed by atoms with van der Waals surface area (Å²) in [5.41, 5.74) is 8.75. The number of likely N-dealkylation sites (tertiary alicyclic amines) is 1. The van der Waals surface area contributed by atoms with E-state index in [1.807, 2.05) is 24.3 Å². The molecule has 0 atom stereocenters. The van der Waals surface area contributed by atoms with Gasteiger partial charge in [0.1, 0.15) is 17.3 Å². The van der Waals surface area contributed by atoms with E-state index in [1.165, 1.54) is 49.5 Å². The molecule has 7 rings (SSSR count). The average molecular weight is 517 g/mol. The fourth-order valence-corrected chi connectivity index (χ4v) is 5.89. The van der Waals surface area contributed by atoms with Gasteiger partial charge in [0.25, 0.3) is 0 Å². The van der Waals surface area contributed by atoms with Crippen LogP contribution < -0.4 is 0 Å². The molecule has 0 amide bonds. The smallest absolute Gasteiger partial charge is 0.127 e. The molecule has 0 bridgehead atoms. The van der Waals surface area contributed by atoms with Gasteiger partial charge in [-0.15, -0.1) is 0 Å². The minimum absolute atomic E-state index is 0.0939. The second-order valence-corrected chi connectivity index (χ2v) is 10.5. The Bertz CT molecular complexity index is 1790. The summed E-state index contributed by atoms with van der Waals surface area (Å²) in [4.78, 5) is 6.05. The van der Waals surface area contributed by atoms with Crippen LogP contribution in [0.4, 0.5) is 4.39 Å². The second-order valence-electron chi connectivity index (χ2n) is 10.5. The lowest BCUT2D eigenvalue weighted by molar-refractivity contribution is 0.221. The molecule has 0 aliphatic carbocycles. The number of aromatic nitrogens is 3. The molecular weight excluding hydrogens is 487 g/mol. The Morgan fingerprint density at radius 2 is 1.62 bits per heavy atom. The van der Waals surface area contributed by atoms with Crippen LogP contribution in [0.3, 0.4) is 0 Å². The third-order valence-electron chi connectivity index (χ3n) is 7.79. The number of fused-ring (bicyclic) bond motifs is 2. The van der Waals surface area contributed by atoms with Gasteiger partial charge in [-0.1, -0.05) is 42.8 Å². The van der Waals surface area contributed by atoms with Gasteiger partial charge in [0.05, 0.1) is 11.2 Å². The van der Waals surface area contributed by atoms with Crippen molar-refractivity contribution in [1.29, 1.82) is 0 Å². The highest BCUT2D eigenvalue weighted by atomic mass is 19.1. The SMILES string of the molecule is Oc1cc(F)cc(-c2cccc3[nH]c(-c4n[nH]c5ccc(-c6cccc(CN7CCCCC7)c6)cc45)cc23)c1. The Balaban J connectivity index is 1.26. The van der Waals surface area contributed by atoms with Crippen LogP contribution in [0, 0.1) is 5.82 Å². The normalized spacial score (nSPS) is 14.4. The van der Waals surface area contributed by atoms with Gasteiger partial charge in [-0.25, -0.2) is 4.39 Å². The summed E-state index contributed by atoms with van der Waals surface area (Å²) < 4.78 is 14.1. The number of phenolic OH excluding ortho intramolecular Hbond substituents is 1. The monoisotopic (exact) mass is 516 g/mol. The van der Waals surface area contributed by atoms with Gasteiger partial charge in [-0.05, 0) is 96.2 Å². The average Bonchev–Trinajstić information content (AvgIpc) is 3.57. The summed E-state index contributed by atoms with van der Waals surface area (Å²) in [5.74, 6) is -0.563. The standard InChI is InChI=1S/C33H29FN4O/c34-25-15-24(16-26(39)18-25)27-8-5-9-30-28(27)19-32(35-30)33-29-17-23(10-11-31(29)36-37-33)22-7-4-6-21(14-22)20-38-12-2-1-3-13-38/h4-11,14-19,35,39H,1-3,12-13,20H2,(H,36,37). The van der Waals surface area contributed by atoms with Gasteiger partial charge in [0.15, 0.2) is 0 Å². The number of nitrogens with one attached hydrogen (secondary N) is 2. The van der Waals surface area contributed by atoms with Crippen molar-refractivity contribution >= 4 is 21.8 Å². The lowest BCUT2D eigenvalue weighted by Gasteiger charge is -2.26. The first-order valence-corrected chi connectivity index (χ1v) is 13.5. The van der Waals surface area contributed by atoms with Crippen LogP contribution in [-0.2, 0) is 6.54 Å². The molecule has 1 aliphatic rings. The van der Waals surface area contributed by atoms with Crippen molar-refractivity contribution in [3.05, 3.63) is 96.3 Å². The first-order valence-electron chi connectivity index (χ1n) is 13.5.